The Labute approximate surface area is 244 Å². The van der Waals surface area contributed by atoms with Gasteiger partial charge in [-0.2, -0.15) is 0 Å². The van der Waals surface area contributed by atoms with E-state index >= 15 is 0 Å². The Morgan fingerprint density at radius 2 is 2.02 bits per heavy atom. The van der Waals surface area contributed by atoms with Crippen LogP contribution in [0.3, 0.4) is 0 Å². The number of halogens is 1. The Morgan fingerprint density at radius 1 is 1.22 bits per heavy atom. The summed E-state index contributed by atoms with van der Waals surface area (Å²) in [6.07, 6.45) is 6.62. The first-order chi connectivity index (χ1) is 19.9. The van der Waals surface area contributed by atoms with Crippen LogP contribution >= 0.6 is 11.6 Å². The highest BCUT2D eigenvalue weighted by Gasteiger charge is 2.35. The van der Waals surface area contributed by atoms with E-state index < -0.39 is 6.04 Å². The van der Waals surface area contributed by atoms with E-state index in [1.165, 1.54) is 0 Å². The van der Waals surface area contributed by atoms with E-state index in [1.807, 2.05) is 24.3 Å². The van der Waals surface area contributed by atoms with Gasteiger partial charge in [-0.05, 0) is 49.4 Å². The number of aromatic nitrogens is 3. The zero-order valence-corrected chi connectivity index (χ0v) is 24.3. The van der Waals surface area contributed by atoms with E-state index in [4.69, 9.17) is 21.1 Å². The summed E-state index contributed by atoms with van der Waals surface area (Å²) in [5.41, 5.74) is 3.57. The second-order valence-corrected chi connectivity index (χ2v) is 10.8. The SMILES string of the molecule is CCC[C@@H](NC(=O)[C@@H](C)N1Cc2ccc(-c3nc(NC4CCOCC4)ncc3Cl)cc2C1=O)c1ccnc(OC)c1. The summed E-state index contributed by atoms with van der Waals surface area (Å²) in [4.78, 5) is 41.7. The van der Waals surface area contributed by atoms with Crippen molar-refractivity contribution in [2.75, 3.05) is 25.6 Å². The first kappa shape index (κ1) is 28.8. The lowest BCUT2D eigenvalue weighted by molar-refractivity contribution is -0.126. The minimum absolute atomic E-state index is 0.201. The molecule has 10 nitrogen and oxygen atoms in total. The van der Waals surface area contributed by atoms with Crippen molar-refractivity contribution in [3.8, 4) is 17.1 Å². The number of hydrogen-bond acceptors (Lipinski definition) is 8. The average Bonchev–Trinajstić information content (AvgIpc) is 3.33. The molecule has 1 aromatic carbocycles. The molecule has 5 rings (SSSR count). The maximum atomic E-state index is 13.5. The van der Waals surface area contributed by atoms with Gasteiger partial charge in [0.15, 0.2) is 0 Å². The Bertz CT molecular complexity index is 1410. The van der Waals surface area contributed by atoms with Crippen LogP contribution in [0, 0.1) is 0 Å². The molecule has 0 spiro atoms. The van der Waals surface area contributed by atoms with Gasteiger partial charge in [-0.3, -0.25) is 9.59 Å². The van der Waals surface area contributed by atoms with E-state index in [9.17, 15) is 9.59 Å². The molecule has 2 N–H and O–H groups in total. The second-order valence-electron chi connectivity index (χ2n) is 10.4. The standard InChI is InChI=1S/C30H35ClN6O4/c1-4-5-25(19-8-11-32-26(15-19)40-3)35-28(38)18(2)37-17-21-7-6-20(14-23(21)29(37)39)27-24(31)16-33-30(36-27)34-22-9-12-41-13-10-22/h6-8,11,14-16,18,22,25H,4-5,9-10,12-13,17H2,1-3H3,(H,35,38)(H,33,34,36)/t18-,25-/m1/s1. The lowest BCUT2D eigenvalue weighted by Crippen LogP contribution is -2.46. The molecule has 0 radical (unpaired) electrons. The summed E-state index contributed by atoms with van der Waals surface area (Å²) in [5, 5.41) is 6.89. The van der Waals surface area contributed by atoms with Crippen LogP contribution in [-0.4, -0.2) is 64.1 Å². The smallest absolute Gasteiger partial charge is 0.255 e. The fraction of sp³-hybridized carbons (Fsp3) is 0.433. The van der Waals surface area contributed by atoms with Crippen LogP contribution in [-0.2, 0) is 16.1 Å². The van der Waals surface area contributed by atoms with Crippen LogP contribution in [0.5, 0.6) is 5.88 Å². The Balaban J connectivity index is 1.31. The summed E-state index contributed by atoms with van der Waals surface area (Å²) < 4.78 is 10.7. The first-order valence-corrected chi connectivity index (χ1v) is 14.4. The highest BCUT2D eigenvalue weighted by atomic mass is 35.5. The number of anilines is 1. The topological polar surface area (TPSA) is 119 Å². The van der Waals surface area contributed by atoms with Crippen molar-refractivity contribution >= 4 is 29.4 Å². The number of rotatable bonds is 10. The van der Waals surface area contributed by atoms with Crippen molar-refractivity contribution < 1.29 is 19.1 Å². The van der Waals surface area contributed by atoms with Crippen LogP contribution in [0.4, 0.5) is 5.95 Å². The van der Waals surface area contributed by atoms with Gasteiger partial charge < -0.3 is 25.0 Å². The molecule has 2 aromatic heterocycles. The van der Waals surface area contributed by atoms with Crippen LogP contribution in [0.25, 0.3) is 11.3 Å². The number of carbonyl (C=O) groups is 2. The summed E-state index contributed by atoms with van der Waals surface area (Å²) in [5.74, 6) is 0.557. The molecule has 3 aromatic rings. The predicted molar refractivity (Wildman–Crippen MR) is 156 cm³/mol. The van der Waals surface area contributed by atoms with Crippen molar-refractivity contribution in [3.05, 3.63) is 64.4 Å². The molecule has 1 saturated heterocycles. The molecule has 4 heterocycles. The van der Waals surface area contributed by atoms with Gasteiger partial charge in [-0.25, -0.2) is 15.0 Å². The molecule has 11 heteroatoms. The van der Waals surface area contributed by atoms with Crippen LogP contribution in [0.15, 0.2) is 42.7 Å². The van der Waals surface area contributed by atoms with E-state index in [1.54, 1.807) is 37.4 Å². The molecular weight excluding hydrogens is 544 g/mol. The van der Waals surface area contributed by atoms with Crippen molar-refractivity contribution in [1.82, 2.24) is 25.2 Å². The fourth-order valence-electron chi connectivity index (χ4n) is 5.25. The molecule has 0 aliphatic carbocycles. The lowest BCUT2D eigenvalue weighted by Gasteiger charge is -2.26. The first-order valence-electron chi connectivity index (χ1n) is 14.0. The zero-order valence-electron chi connectivity index (χ0n) is 23.5. The molecule has 2 aliphatic heterocycles. The van der Waals surface area contributed by atoms with Gasteiger partial charge in [0.2, 0.25) is 17.7 Å². The number of ether oxygens (including phenoxy) is 2. The largest absolute Gasteiger partial charge is 0.481 e. The summed E-state index contributed by atoms with van der Waals surface area (Å²) >= 11 is 6.49. The fourth-order valence-corrected chi connectivity index (χ4v) is 5.45. The minimum atomic E-state index is -0.667. The molecule has 2 amide bonds. The van der Waals surface area contributed by atoms with Crippen molar-refractivity contribution in [2.45, 2.75) is 64.2 Å². The van der Waals surface area contributed by atoms with Gasteiger partial charge >= 0.3 is 0 Å². The number of benzene rings is 1. The Morgan fingerprint density at radius 3 is 2.78 bits per heavy atom. The highest BCUT2D eigenvalue weighted by Crippen LogP contribution is 2.33. The monoisotopic (exact) mass is 578 g/mol. The van der Waals surface area contributed by atoms with Crippen LogP contribution < -0.4 is 15.4 Å². The second kappa shape index (κ2) is 12.8. The Kier molecular flexibility index (Phi) is 8.99. The number of nitrogens with one attached hydrogen (secondary N) is 2. The molecule has 0 unspecified atom stereocenters. The lowest BCUT2D eigenvalue weighted by atomic mass is 10.0. The molecular formula is C30H35ClN6O4. The number of carbonyl (C=O) groups excluding carboxylic acids is 2. The van der Waals surface area contributed by atoms with E-state index in [-0.39, 0.29) is 23.9 Å². The number of nitrogens with zero attached hydrogens (tertiary/aromatic N) is 4. The van der Waals surface area contributed by atoms with E-state index in [0.717, 1.165) is 36.8 Å². The van der Waals surface area contributed by atoms with Crippen molar-refractivity contribution in [1.29, 1.82) is 0 Å². The maximum absolute atomic E-state index is 13.5. The molecule has 2 aliphatic rings. The Hall–Kier alpha value is -3.76. The van der Waals surface area contributed by atoms with Gasteiger partial charge in [-0.15, -0.1) is 0 Å². The van der Waals surface area contributed by atoms with Crippen molar-refractivity contribution in [2.24, 2.45) is 0 Å². The van der Waals surface area contributed by atoms with Crippen molar-refractivity contribution in [3.63, 3.8) is 0 Å². The molecule has 41 heavy (non-hydrogen) atoms. The van der Waals surface area contributed by atoms with Crippen LogP contribution in [0.1, 0.15) is 67.1 Å². The molecule has 0 saturated carbocycles. The zero-order chi connectivity index (χ0) is 28.9. The van der Waals surface area contributed by atoms with Gasteiger partial charge in [-0.1, -0.05) is 37.1 Å². The molecule has 216 valence electrons. The molecule has 1 fully saturated rings. The van der Waals surface area contributed by atoms with Gasteiger partial charge in [0.25, 0.3) is 5.91 Å². The number of hydrogen-bond donors (Lipinski definition) is 2. The van der Waals surface area contributed by atoms with Gasteiger partial charge in [0.05, 0.1) is 30.1 Å². The maximum Gasteiger partial charge on any atom is 0.255 e. The molecule has 0 bridgehead atoms. The minimum Gasteiger partial charge on any atom is -0.481 e. The predicted octanol–water partition coefficient (Wildman–Crippen LogP) is 4.79. The normalized spacial score (nSPS) is 16.7. The third-order valence-corrected chi connectivity index (χ3v) is 7.90. The summed E-state index contributed by atoms with van der Waals surface area (Å²) in [6.45, 7) is 5.57. The summed E-state index contributed by atoms with van der Waals surface area (Å²) in [7, 11) is 1.56. The number of amides is 2. The van der Waals surface area contributed by atoms with E-state index in [0.29, 0.717) is 53.4 Å². The highest BCUT2D eigenvalue weighted by molar-refractivity contribution is 6.33. The molecule has 2 atom stereocenters. The quantitative estimate of drug-likeness (QED) is 0.352. The third-order valence-electron chi connectivity index (χ3n) is 7.63. The number of methoxy groups -OCH3 is 1. The average molecular weight is 579 g/mol. The van der Waals surface area contributed by atoms with E-state index in [2.05, 4.69) is 32.5 Å². The van der Waals surface area contributed by atoms with Gasteiger partial charge in [0, 0.05) is 49.2 Å². The third kappa shape index (κ3) is 6.44. The number of pyridine rings is 1. The van der Waals surface area contributed by atoms with Gasteiger partial charge in [0.1, 0.15) is 6.04 Å². The number of fused-ring (bicyclic) bond motifs is 1. The summed E-state index contributed by atoms with van der Waals surface area (Å²) in [6, 6.07) is 8.65. The van der Waals surface area contributed by atoms with Crippen LogP contribution in [0.2, 0.25) is 5.02 Å².